The number of carboxylic acids is 1. The van der Waals surface area contributed by atoms with E-state index in [1.807, 2.05) is 37.3 Å². The molecule has 2 rings (SSSR count). The number of benzene rings is 1. The van der Waals surface area contributed by atoms with Crippen LogP contribution in [0, 0.1) is 17.8 Å². The average Bonchev–Trinajstić information content (AvgIpc) is 2.78. The first-order valence-corrected chi connectivity index (χ1v) is 8.11. The Hall–Kier alpha value is -2.43. The summed E-state index contributed by atoms with van der Waals surface area (Å²) in [5.74, 6) is -2.83. The van der Waals surface area contributed by atoms with Crippen molar-refractivity contribution in [3.8, 4) is 0 Å². The number of carbonyl (C=O) groups excluding carboxylic acids is 2. The highest BCUT2D eigenvalue weighted by molar-refractivity contribution is 5.91. The Morgan fingerprint density at radius 3 is 2.50 bits per heavy atom. The summed E-state index contributed by atoms with van der Waals surface area (Å²) in [5.41, 5.74) is 0.977. The lowest BCUT2D eigenvalue weighted by atomic mass is 9.81. The average molecular weight is 330 g/mol. The zero-order chi connectivity index (χ0) is 17.7. The van der Waals surface area contributed by atoms with Crippen LogP contribution in [-0.2, 0) is 19.1 Å². The summed E-state index contributed by atoms with van der Waals surface area (Å²) < 4.78 is 4.97. The molecule has 1 aliphatic carbocycles. The first-order chi connectivity index (χ1) is 11.5. The number of rotatable bonds is 6. The molecule has 1 aliphatic rings. The maximum Gasteiger partial charge on any atom is 0.327 e. The van der Waals surface area contributed by atoms with E-state index in [0.29, 0.717) is 0 Å². The van der Waals surface area contributed by atoms with E-state index in [-0.39, 0.29) is 36.6 Å². The third kappa shape index (κ3) is 3.91. The molecule has 1 saturated carbocycles. The van der Waals surface area contributed by atoms with E-state index in [2.05, 4.69) is 0 Å². The number of allylic oxidation sites excluding steroid dienone is 1. The van der Waals surface area contributed by atoms with E-state index in [0.717, 1.165) is 11.6 Å². The second-order valence-corrected chi connectivity index (χ2v) is 6.02. The molecule has 1 aromatic carbocycles. The van der Waals surface area contributed by atoms with E-state index in [1.54, 1.807) is 13.0 Å². The highest BCUT2D eigenvalue weighted by Crippen LogP contribution is 2.47. The molecule has 0 spiro atoms. The zero-order valence-electron chi connectivity index (χ0n) is 13.8. The van der Waals surface area contributed by atoms with Gasteiger partial charge in [-0.1, -0.05) is 43.3 Å². The molecule has 0 unspecified atom stereocenters. The largest absolute Gasteiger partial charge is 0.478 e. The van der Waals surface area contributed by atoms with Crippen molar-refractivity contribution < 1.29 is 24.2 Å². The molecule has 0 aliphatic heterocycles. The Balaban J connectivity index is 2.36. The van der Waals surface area contributed by atoms with Crippen molar-refractivity contribution in [1.82, 2.24) is 0 Å². The Bertz CT molecular complexity index is 634. The fourth-order valence-electron chi connectivity index (χ4n) is 3.56. The molecule has 0 amide bonds. The maximum absolute atomic E-state index is 12.7. The molecule has 1 fully saturated rings. The molecule has 5 nitrogen and oxygen atoms in total. The minimum atomic E-state index is -1.07. The molecule has 0 heterocycles. The highest BCUT2D eigenvalue weighted by Gasteiger charge is 2.47. The Labute approximate surface area is 141 Å². The van der Waals surface area contributed by atoms with Crippen molar-refractivity contribution in [1.29, 1.82) is 0 Å². The summed E-state index contributed by atoms with van der Waals surface area (Å²) >= 11 is 0. The normalized spacial score (nSPS) is 26.7. The summed E-state index contributed by atoms with van der Waals surface area (Å²) in [6.45, 7) is 3.81. The molecule has 1 N–H and O–H groups in total. The zero-order valence-corrected chi connectivity index (χ0v) is 13.8. The van der Waals surface area contributed by atoms with Crippen LogP contribution in [0.15, 0.2) is 42.5 Å². The molecule has 24 heavy (non-hydrogen) atoms. The number of aliphatic carboxylic acids is 1. The van der Waals surface area contributed by atoms with Crippen LogP contribution in [0.3, 0.4) is 0 Å². The van der Waals surface area contributed by atoms with E-state index in [9.17, 15) is 14.4 Å². The van der Waals surface area contributed by atoms with Crippen molar-refractivity contribution in [2.24, 2.45) is 17.8 Å². The van der Waals surface area contributed by atoms with E-state index >= 15 is 0 Å². The molecular formula is C19H22O5. The minimum absolute atomic E-state index is 0.0167. The standard InChI is InChI=1S/C19H22O5/c1-3-24-17(22)11-15-14(9-10-16(20)21)18(12(2)19(15)23)13-7-5-4-6-8-13/h4-10,12,14-15,18H,3,11H2,1-2H3,(H,20,21)/b10-9+/t12-,14-,15-,18+/m0/s1. The van der Waals surface area contributed by atoms with Crippen LogP contribution >= 0.6 is 0 Å². The van der Waals surface area contributed by atoms with Crippen molar-refractivity contribution in [2.75, 3.05) is 6.61 Å². The number of carbonyl (C=O) groups is 3. The lowest BCUT2D eigenvalue weighted by molar-refractivity contribution is -0.146. The van der Waals surface area contributed by atoms with E-state index < -0.39 is 17.9 Å². The number of ketones is 1. The van der Waals surface area contributed by atoms with Crippen LogP contribution in [0.2, 0.25) is 0 Å². The second-order valence-electron chi connectivity index (χ2n) is 6.02. The lowest BCUT2D eigenvalue weighted by Gasteiger charge is -2.22. The van der Waals surface area contributed by atoms with Crippen LogP contribution in [0.4, 0.5) is 0 Å². The summed E-state index contributed by atoms with van der Waals surface area (Å²) in [5, 5.41) is 8.95. The number of hydrogen-bond acceptors (Lipinski definition) is 4. The lowest BCUT2D eigenvalue weighted by Crippen LogP contribution is -2.21. The summed E-state index contributed by atoms with van der Waals surface area (Å²) in [7, 11) is 0. The maximum atomic E-state index is 12.7. The first-order valence-electron chi connectivity index (χ1n) is 8.11. The quantitative estimate of drug-likeness (QED) is 0.641. The number of Topliss-reactive ketones (excluding diaryl/α,β-unsaturated/α-hetero) is 1. The van der Waals surface area contributed by atoms with Gasteiger partial charge in [-0.15, -0.1) is 0 Å². The molecular weight excluding hydrogens is 308 g/mol. The molecule has 0 bridgehead atoms. The predicted octanol–water partition coefficient (Wildman–Crippen LogP) is 2.82. The first kappa shape index (κ1) is 17.9. The van der Waals surface area contributed by atoms with Crippen LogP contribution in [0.1, 0.15) is 31.7 Å². The van der Waals surface area contributed by atoms with Gasteiger partial charge in [-0.2, -0.15) is 0 Å². The summed E-state index contributed by atoms with van der Waals surface area (Å²) in [6.07, 6.45) is 2.59. The van der Waals surface area contributed by atoms with Gasteiger partial charge in [0, 0.05) is 23.8 Å². The fourth-order valence-corrected chi connectivity index (χ4v) is 3.56. The monoisotopic (exact) mass is 330 g/mol. The molecule has 0 aromatic heterocycles. The number of hydrogen-bond donors (Lipinski definition) is 1. The molecule has 128 valence electrons. The van der Waals surface area contributed by atoms with E-state index in [1.165, 1.54) is 0 Å². The van der Waals surface area contributed by atoms with Crippen molar-refractivity contribution >= 4 is 17.7 Å². The van der Waals surface area contributed by atoms with Gasteiger partial charge in [0.15, 0.2) is 0 Å². The van der Waals surface area contributed by atoms with Gasteiger partial charge in [-0.3, -0.25) is 9.59 Å². The van der Waals surface area contributed by atoms with Gasteiger partial charge in [-0.25, -0.2) is 4.79 Å². The Kier molecular flexibility index (Phi) is 5.90. The van der Waals surface area contributed by atoms with Crippen LogP contribution in [0.25, 0.3) is 0 Å². The van der Waals surface area contributed by atoms with Crippen molar-refractivity contribution in [3.05, 3.63) is 48.0 Å². The van der Waals surface area contributed by atoms with Crippen LogP contribution < -0.4 is 0 Å². The van der Waals surface area contributed by atoms with Gasteiger partial charge in [0.1, 0.15) is 5.78 Å². The molecule has 0 radical (unpaired) electrons. The molecule has 0 saturated heterocycles. The van der Waals surface area contributed by atoms with Crippen LogP contribution in [-0.4, -0.2) is 29.4 Å². The third-order valence-electron chi connectivity index (χ3n) is 4.57. The topological polar surface area (TPSA) is 80.7 Å². The van der Waals surface area contributed by atoms with E-state index in [4.69, 9.17) is 9.84 Å². The van der Waals surface area contributed by atoms with Gasteiger partial charge >= 0.3 is 11.9 Å². The highest BCUT2D eigenvalue weighted by atomic mass is 16.5. The third-order valence-corrected chi connectivity index (χ3v) is 4.57. The van der Waals surface area contributed by atoms with Gasteiger partial charge in [-0.05, 0) is 18.4 Å². The number of carboxylic acid groups (broad SMARTS) is 1. The molecule has 5 heteroatoms. The summed E-state index contributed by atoms with van der Waals surface area (Å²) in [4.78, 5) is 35.5. The fraction of sp³-hybridized carbons (Fsp3) is 0.421. The predicted molar refractivity (Wildman–Crippen MR) is 88.4 cm³/mol. The minimum Gasteiger partial charge on any atom is -0.478 e. The van der Waals surface area contributed by atoms with Crippen molar-refractivity contribution in [2.45, 2.75) is 26.2 Å². The SMILES string of the molecule is CCOC(=O)C[C@@H]1C(=O)[C@@H](C)[C@H](c2ccccc2)[C@H]1/C=C/C(=O)O. The number of ether oxygens (including phenoxy) is 1. The summed E-state index contributed by atoms with van der Waals surface area (Å²) in [6, 6.07) is 9.54. The molecule has 4 atom stereocenters. The van der Waals surface area contributed by atoms with Gasteiger partial charge in [0.2, 0.25) is 0 Å². The second kappa shape index (κ2) is 7.90. The van der Waals surface area contributed by atoms with Gasteiger partial charge < -0.3 is 9.84 Å². The van der Waals surface area contributed by atoms with Gasteiger partial charge in [0.05, 0.1) is 13.0 Å². The smallest absolute Gasteiger partial charge is 0.327 e. The Morgan fingerprint density at radius 1 is 1.25 bits per heavy atom. The van der Waals surface area contributed by atoms with Crippen LogP contribution in [0.5, 0.6) is 0 Å². The number of esters is 1. The van der Waals surface area contributed by atoms with Gasteiger partial charge in [0.25, 0.3) is 0 Å². The molecule has 1 aromatic rings. The van der Waals surface area contributed by atoms with Crippen molar-refractivity contribution in [3.63, 3.8) is 0 Å². The Morgan fingerprint density at radius 2 is 1.92 bits per heavy atom.